The zero-order valence-electron chi connectivity index (χ0n) is 16.4. The summed E-state index contributed by atoms with van der Waals surface area (Å²) in [5, 5.41) is 6.63. The highest BCUT2D eigenvalue weighted by molar-refractivity contribution is 6.03. The van der Waals surface area contributed by atoms with Crippen molar-refractivity contribution in [2.75, 3.05) is 10.6 Å². The first-order chi connectivity index (χ1) is 13.5. The van der Waals surface area contributed by atoms with Crippen molar-refractivity contribution in [1.29, 1.82) is 0 Å². The zero-order chi connectivity index (χ0) is 19.7. The Labute approximate surface area is 165 Å². The minimum atomic E-state index is 0.104. The highest BCUT2D eigenvalue weighted by atomic mass is 16.1. The second kappa shape index (κ2) is 7.43. The lowest BCUT2D eigenvalue weighted by Gasteiger charge is -2.23. The average molecular weight is 372 g/mol. The van der Waals surface area contributed by atoms with E-state index in [1.807, 2.05) is 30.3 Å². The Balaban J connectivity index is 1.77. The molecule has 1 heterocycles. The number of ketones is 1. The summed E-state index contributed by atoms with van der Waals surface area (Å²) in [6.45, 7) is 6.20. The summed E-state index contributed by atoms with van der Waals surface area (Å²) in [6.07, 6.45) is 1.30. The van der Waals surface area contributed by atoms with E-state index in [1.54, 1.807) is 0 Å². The molecule has 1 unspecified atom stereocenters. The van der Waals surface area contributed by atoms with Crippen molar-refractivity contribution >= 4 is 28.9 Å². The summed E-state index contributed by atoms with van der Waals surface area (Å²) in [6, 6.07) is 16.1. The fraction of sp³-hybridized carbons (Fsp3) is 0.261. The van der Waals surface area contributed by atoms with Crippen molar-refractivity contribution in [3.63, 3.8) is 0 Å². The Morgan fingerprint density at radius 1 is 0.893 bits per heavy atom. The predicted molar refractivity (Wildman–Crippen MR) is 113 cm³/mol. The third kappa shape index (κ3) is 3.88. The predicted octanol–water partition coefficient (Wildman–Crippen LogP) is 5.35. The van der Waals surface area contributed by atoms with Gasteiger partial charge in [0.2, 0.25) is 5.95 Å². The van der Waals surface area contributed by atoms with E-state index in [1.165, 1.54) is 0 Å². The van der Waals surface area contributed by atoms with Crippen LogP contribution in [0.25, 0.3) is 0 Å². The van der Waals surface area contributed by atoms with Crippen molar-refractivity contribution < 1.29 is 4.79 Å². The number of aromatic nitrogens is 2. The van der Waals surface area contributed by atoms with E-state index in [-0.39, 0.29) is 11.7 Å². The zero-order valence-corrected chi connectivity index (χ0v) is 16.4. The van der Waals surface area contributed by atoms with E-state index in [0.29, 0.717) is 23.8 Å². The van der Waals surface area contributed by atoms with Crippen molar-refractivity contribution in [2.24, 2.45) is 5.92 Å². The third-order valence-electron chi connectivity index (χ3n) is 4.85. The SMILES string of the molecule is Cc1cc(C)cc(Nc2nc(Nc3ccccc3)nc3c2C(=O)CC(C)C3)c1. The molecule has 2 N–H and O–H groups in total. The molecule has 0 amide bonds. The number of carbonyl (C=O) groups excluding carboxylic acids is 1. The fourth-order valence-electron chi connectivity index (χ4n) is 3.75. The number of aryl methyl sites for hydroxylation is 2. The van der Waals surface area contributed by atoms with Gasteiger partial charge in [0.25, 0.3) is 0 Å². The molecular weight excluding hydrogens is 348 g/mol. The largest absolute Gasteiger partial charge is 0.339 e. The molecule has 5 heteroatoms. The van der Waals surface area contributed by atoms with E-state index in [4.69, 9.17) is 0 Å². The smallest absolute Gasteiger partial charge is 0.229 e. The van der Waals surface area contributed by atoms with Gasteiger partial charge in [-0.1, -0.05) is 31.2 Å². The van der Waals surface area contributed by atoms with E-state index in [9.17, 15) is 4.79 Å². The Hall–Kier alpha value is -3.21. The van der Waals surface area contributed by atoms with Gasteiger partial charge in [-0.05, 0) is 61.6 Å². The highest BCUT2D eigenvalue weighted by Crippen LogP contribution is 2.32. The Morgan fingerprint density at radius 3 is 2.32 bits per heavy atom. The number of anilines is 4. The van der Waals surface area contributed by atoms with Gasteiger partial charge in [0.05, 0.1) is 11.3 Å². The third-order valence-corrected chi connectivity index (χ3v) is 4.85. The molecule has 0 radical (unpaired) electrons. The molecule has 0 fully saturated rings. The van der Waals surface area contributed by atoms with Crippen molar-refractivity contribution in [2.45, 2.75) is 33.6 Å². The monoisotopic (exact) mass is 372 g/mol. The first-order valence-corrected chi connectivity index (χ1v) is 9.59. The van der Waals surface area contributed by atoms with Gasteiger partial charge in [-0.2, -0.15) is 4.98 Å². The van der Waals surface area contributed by atoms with Crippen LogP contribution in [-0.2, 0) is 6.42 Å². The van der Waals surface area contributed by atoms with Gasteiger partial charge in [-0.25, -0.2) is 4.98 Å². The molecule has 1 atom stereocenters. The Morgan fingerprint density at radius 2 is 1.61 bits per heavy atom. The van der Waals surface area contributed by atoms with E-state index in [0.717, 1.165) is 34.6 Å². The standard InChI is InChI=1S/C23H24N4O/c1-14-9-15(2)11-18(10-14)24-22-21-19(12-16(3)13-20(21)28)26-23(27-22)25-17-7-5-4-6-8-17/h4-11,16H,12-13H2,1-3H3,(H2,24,25,26,27). The second-order valence-corrected chi connectivity index (χ2v) is 7.65. The van der Waals surface area contributed by atoms with E-state index >= 15 is 0 Å². The fourth-order valence-corrected chi connectivity index (χ4v) is 3.75. The molecule has 142 valence electrons. The molecule has 2 aromatic carbocycles. The van der Waals surface area contributed by atoms with Gasteiger partial charge in [0.15, 0.2) is 5.78 Å². The summed E-state index contributed by atoms with van der Waals surface area (Å²) in [7, 11) is 0. The maximum atomic E-state index is 12.8. The highest BCUT2D eigenvalue weighted by Gasteiger charge is 2.28. The summed E-state index contributed by atoms with van der Waals surface area (Å²) in [4.78, 5) is 22.1. The molecule has 1 aromatic heterocycles. The Bertz CT molecular complexity index is 1010. The Kier molecular flexibility index (Phi) is 4.82. The number of para-hydroxylation sites is 1. The molecule has 0 saturated heterocycles. The van der Waals surface area contributed by atoms with Gasteiger partial charge in [0.1, 0.15) is 5.82 Å². The van der Waals surface area contributed by atoms with Crippen LogP contribution in [0.4, 0.5) is 23.1 Å². The summed E-state index contributed by atoms with van der Waals surface area (Å²) < 4.78 is 0. The van der Waals surface area contributed by atoms with Crippen LogP contribution < -0.4 is 10.6 Å². The number of hydrogen-bond donors (Lipinski definition) is 2. The van der Waals surface area contributed by atoms with E-state index < -0.39 is 0 Å². The lowest BCUT2D eigenvalue weighted by molar-refractivity contribution is 0.0953. The molecular formula is C23H24N4O. The van der Waals surface area contributed by atoms with Gasteiger partial charge in [-0.15, -0.1) is 0 Å². The maximum absolute atomic E-state index is 12.8. The molecule has 4 rings (SSSR count). The van der Waals surface area contributed by atoms with Crippen LogP contribution in [0.1, 0.15) is 40.5 Å². The number of hydrogen-bond acceptors (Lipinski definition) is 5. The van der Waals surface area contributed by atoms with Gasteiger partial charge in [-0.3, -0.25) is 4.79 Å². The molecule has 0 aliphatic heterocycles. The van der Waals surface area contributed by atoms with Crippen LogP contribution in [0.2, 0.25) is 0 Å². The van der Waals surface area contributed by atoms with Gasteiger partial charge < -0.3 is 10.6 Å². The molecule has 0 spiro atoms. The van der Waals surface area contributed by atoms with Crippen molar-refractivity contribution in [3.05, 3.63) is 70.9 Å². The second-order valence-electron chi connectivity index (χ2n) is 7.65. The van der Waals surface area contributed by atoms with Crippen molar-refractivity contribution in [3.8, 4) is 0 Å². The van der Waals surface area contributed by atoms with Crippen LogP contribution in [0.5, 0.6) is 0 Å². The molecule has 0 saturated carbocycles. The molecule has 5 nitrogen and oxygen atoms in total. The lowest BCUT2D eigenvalue weighted by atomic mass is 9.87. The van der Waals surface area contributed by atoms with Crippen LogP contribution in [-0.4, -0.2) is 15.8 Å². The van der Waals surface area contributed by atoms with Crippen LogP contribution in [0.15, 0.2) is 48.5 Å². The molecule has 3 aromatic rings. The summed E-state index contributed by atoms with van der Waals surface area (Å²) in [5.41, 5.74) is 5.59. The van der Waals surface area contributed by atoms with Crippen molar-refractivity contribution in [1.82, 2.24) is 9.97 Å². The lowest BCUT2D eigenvalue weighted by Crippen LogP contribution is -2.22. The number of fused-ring (bicyclic) bond motifs is 1. The minimum Gasteiger partial charge on any atom is -0.339 e. The number of nitrogens with one attached hydrogen (secondary N) is 2. The van der Waals surface area contributed by atoms with E-state index in [2.05, 4.69) is 59.6 Å². The number of carbonyl (C=O) groups is 1. The number of rotatable bonds is 4. The molecule has 1 aliphatic carbocycles. The van der Waals surface area contributed by atoms with Crippen LogP contribution in [0, 0.1) is 19.8 Å². The first kappa shape index (κ1) is 18.2. The van der Waals surface area contributed by atoms with Crippen LogP contribution >= 0.6 is 0 Å². The topological polar surface area (TPSA) is 66.9 Å². The normalized spacial score (nSPS) is 15.8. The quantitative estimate of drug-likeness (QED) is 0.646. The molecule has 1 aliphatic rings. The average Bonchev–Trinajstić information content (AvgIpc) is 2.60. The first-order valence-electron chi connectivity index (χ1n) is 9.59. The van der Waals surface area contributed by atoms with Crippen LogP contribution in [0.3, 0.4) is 0 Å². The summed E-state index contributed by atoms with van der Waals surface area (Å²) >= 11 is 0. The minimum absolute atomic E-state index is 0.104. The van der Waals surface area contributed by atoms with Gasteiger partial charge in [0, 0.05) is 17.8 Å². The number of Topliss-reactive ketones (excluding diaryl/α,β-unsaturated/α-hetero) is 1. The maximum Gasteiger partial charge on any atom is 0.229 e. The molecule has 0 bridgehead atoms. The molecule has 28 heavy (non-hydrogen) atoms. The summed E-state index contributed by atoms with van der Waals surface area (Å²) in [5.74, 6) is 1.46. The number of nitrogens with zero attached hydrogens (tertiary/aromatic N) is 2. The van der Waals surface area contributed by atoms with Gasteiger partial charge >= 0.3 is 0 Å². The number of benzene rings is 2.